The minimum Gasteiger partial charge on any atom is -0.455 e. The zero-order valence-electron chi connectivity index (χ0n) is 15.8. The maximum absolute atomic E-state index is 12.2. The number of rotatable bonds is 7. The van der Waals surface area contributed by atoms with Crippen molar-refractivity contribution in [2.45, 2.75) is 52.7 Å². The monoisotopic (exact) mass is 354 g/mol. The van der Waals surface area contributed by atoms with Gasteiger partial charge >= 0.3 is 11.9 Å². The van der Waals surface area contributed by atoms with Crippen LogP contribution in [-0.2, 0) is 22.3 Å². The number of carbonyl (C=O) groups is 2. The molecule has 138 valence electrons. The van der Waals surface area contributed by atoms with E-state index < -0.39 is 24.1 Å². The third-order valence-electron chi connectivity index (χ3n) is 4.44. The van der Waals surface area contributed by atoms with Gasteiger partial charge in [-0.2, -0.15) is 0 Å². The highest BCUT2D eigenvalue weighted by Gasteiger charge is 2.22. The van der Waals surface area contributed by atoms with Gasteiger partial charge in [0.15, 0.2) is 0 Å². The first kappa shape index (κ1) is 19.7. The highest BCUT2D eigenvalue weighted by molar-refractivity contribution is 5.90. The van der Waals surface area contributed by atoms with Crippen molar-refractivity contribution >= 4 is 11.9 Å². The van der Waals surface area contributed by atoms with Gasteiger partial charge in [0.05, 0.1) is 11.1 Å². The number of carbonyl (C=O) groups excluding carboxylic acids is 2. The molecule has 4 heteroatoms. The Labute approximate surface area is 155 Å². The summed E-state index contributed by atoms with van der Waals surface area (Å²) in [7, 11) is 0. The van der Waals surface area contributed by atoms with Crippen LogP contribution in [0.4, 0.5) is 0 Å². The standard InChI is InChI=1S/C22H26O4/c1-5-17-7-11-19(12-8-17)21(23)25-15(3)16(4)26-22(24)20-13-9-18(6-2)10-14-20/h7-16H,5-6H2,1-4H3. The second-order valence-electron chi connectivity index (χ2n) is 6.32. The van der Waals surface area contributed by atoms with Crippen LogP contribution in [0.5, 0.6) is 0 Å². The predicted molar refractivity (Wildman–Crippen MR) is 101 cm³/mol. The van der Waals surface area contributed by atoms with Crippen LogP contribution in [0.15, 0.2) is 48.5 Å². The van der Waals surface area contributed by atoms with Crippen molar-refractivity contribution in [2.24, 2.45) is 0 Å². The molecule has 0 amide bonds. The predicted octanol–water partition coefficient (Wildman–Crippen LogP) is 4.60. The first-order valence-corrected chi connectivity index (χ1v) is 9.04. The third kappa shape index (κ3) is 5.19. The number of hydrogen-bond acceptors (Lipinski definition) is 4. The molecule has 2 aromatic carbocycles. The molecule has 0 fully saturated rings. The van der Waals surface area contributed by atoms with Gasteiger partial charge in [-0.05, 0) is 62.1 Å². The minimum atomic E-state index is -0.549. The van der Waals surface area contributed by atoms with Crippen molar-refractivity contribution in [1.29, 1.82) is 0 Å². The highest BCUT2D eigenvalue weighted by atomic mass is 16.6. The molecule has 0 aliphatic heterocycles. The molecular weight excluding hydrogens is 328 g/mol. The van der Waals surface area contributed by atoms with Gasteiger partial charge in [0.25, 0.3) is 0 Å². The fraction of sp³-hybridized carbons (Fsp3) is 0.364. The molecule has 2 aromatic rings. The number of hydrogen-bond donors (Lipinski definition) is 0. The Bertz CT molecular complexity index is 666. The molecule has 2 atom stereocenters. The van der Waals surface area contributed by atoms with Crippen molar-refractivity contribution in [3.63, 3.8) is 0 Å². The molecule has 0 aliphatic rings. The van der Waals surface area contributed by atoms with Crippen LogP contribution in [0.3, 0.4) is 0 Å². The first-order valence-electron chi connectivity index (χ1n) is 9.04. The van der Waals surface area contributed by atoms with Gasteiger partial charge < -0.3 is 9.47 Å². The number of benzene rings is 2. The Morgan fingerprint density at radius 1 is 0.692 bits per heavy atom. The maximum atomic E-state index is 12.2. The lowest BCUT2D eigenvalue weighted by atomic mass is 10.1. The Kier molecular flexibility index (Phi) is 6.96. The van der Waals surface area contributed by atoms with Crippen molar-refractivity contribution in [2.75, 3.05) is 0 Å². The van der Waals surface area contributed by atoms with E-state index in [1.807, 2.05) is 24.3 Å². The van der Waals surface area contributed by atoms with E-state index >= 15 is 0 Å². The molecule has 0 saturated carbocycles. The van der Waals surface area contributed by atoms with Crippen LogP contribution < -0.4 is 0 Å². The van der Waals surface area contributed by atoms with Crippen LogP contribution in [0.1, 0.15) is 59.5 Å². The topological polar surface area (TPSA) is 52.6 Å². The van der Waals surface area contributed by atoms with E-state index in [-0.39, 0.29) is 0 Å². The molecule has 2 unspecified atom stereocenters. The molecule has 0 aromatic heterocycles. The molecule has 0 saturated heterocycles. The second-order valence-corrected chi connectivity index (χ2v) is 6.32. The molecule has 0 heterocycles. The Hall–Kier alpha value is -2.62. The summed E-state index contributed by atoms with van der Waals surface area (Å²) in [6.45, 7) is 7.55. The van der Waals surface area contributed by atoms with E-state index in [2.05, 4.69) is 13.8 Å². The van der Waals surface area contributed by atoms with Crippen molar-refractivity contribution in [3.8, 4) is 0 Å². The summed E-state index contributed by atoms with van der Waals surface area (Å²) in [5.41, 5.74) is 3.29. The van der Waals surface area contributed by atoms with Gasteiger partial charge in [-0.3, -0.25) is 0 Å². The lowest BCUT2D eigenvalue weighted by Gasteiger charge is -2.21. The Morgan fingerprint density at radius 3 is 1.27 bits per heavy atom. The molecule has 0 bridgehead atoms. The van der Waals surface area contributed by atoms with Gasteiger partial charge in [0.2, 0.25) is 0 Å². The smallest absolute Gasteiger partial charge is 0.338 e. The van der Waals surface area contributed by atoms with Gasteiger partial charge in [-0.25, -0.2) is 9.59 Å². The molecule has 0 radical (unpaired) electrons. The lowest BCUT2D eigenvalue weighted by Crippen LogP contribution is -2.30. The van der Waals surface area contributed by atoms with Crippen LogP contribution in [-0.4, -0.2) is 24.1 Å². The number of ether oxygens (including phenoxy) is 2. The summed E-state index contributed by atoms with van der Waals surface area (Å²) in [6.07, 6.45) is 0.732. The fourth-order valence-corrected chi connectivity index (χ4v) is 2.42. The zero-order valence-corrected chi connectivity index (χ0v) is 15.8. The van der Waals surface area contributed by atoms with Crippen LogP contribution >= 0.6 is 0 Å². The van der Waals surface area contributed by atoms with E-state index in [4.69, 9.17) is 9.47 Å². The molecule has 0 spiro atoms. The SMILES string of the molecule is CCc1ccc(C(=O)OC(C)C(C)OC(=O)c2ccc(CC)cc2)cc1. The average Bonchev–Trinajstić information content (AvgIpc) is 2.67. The van der Waals surface area contributed by atoms with E-state index in [1.165, 1.54) is 0 Å². The van der Waals surface area contributed by atoms with Gasteiger partial charge in [0, 0.05) is 0 Å². The van der Waals surface area contributed by atoms with Crippen molar-refractivity contribution in [3.05, 3.63) is 70.8 Å². The normalized spacial score (nSPS) is 12.9. The zero-order chi connectivity index (χ0) is 19.1. The largest absolute Gasteiger partial charge is 0.455 e. The van der Waals surface area contributed by atoms with E-state index in [1.54, 1.807) is 38.1 Å². The highest BCUT2D eigenvalue weighted by Crippen LogP contribution is 2.13. The van der Waals surface area contributed by atoms with Crippen LogP contribution in [0, 0.1) is 0 Å². The molecule has 0 N–H and O–H groups in total. The summed E-state index contributed by atoms with van der Waals surface area (Å²) in [5.74, 6) is -0.842. The first-order chi connectivity index (χ1) is 12.4. The summed E-state index contributed by atoms with van der Waals surface area (Å²) in [4.78, 5) is 24.4. The number of aryl methyl sites for hydroxylation is 2. The maximum Gasteiger partial charge on any atom is 0.338 e. The number of esters is 2. The summed E-state index contributed by atoms with van der Waals surface area (Å²) in [5, 5.41) is 0. The van der Waals surface area contributed by atoms with E-state index in [9.17, 15) is 9.59 Å². The quantitative estimate of drug-likeness (QED) is 0.682. The minimum absolute atomic E-state index is 0.421. The van der Waals surface area contributed by atoms with E-state index in [0.717, 1.165) is 24.0 Å². The van der Waals surface area contributed by atoms with Crippen LogP contribution in [0.25, 0.3) is 0 Å². The molecule has 0 aliphatic carbocycles. The van der Waals surface area contributed by atoms with Crippen LogP contribution in [0.2, 0.25) is 0 Å². The molecule has 2 rings (SSSR count). The van der Waals surface area contributed by atoms with E-state index in [0.29, 0.717) is 11.1 Å². The van der Waals surface area contributed by atoms with Crippen molar-refractivity contribution < 1.29 is 19.1 Å². The molecular formula is C22H26O4. The molecule has 4 nitrogen and oxygen atoms in total. The lowest BCUT2D eigenvalue weighted by molar-refractivity contribution is -0.0239. The Morgan fingerprint density at radius 2 is 1.00 bits per heavy atom. The van der Waals surface area contributed by atoms with Crippen molar-refractivity contribution in [1.82, 2.24) is 0 Å². The third-order valence-corrected chi connectivity index (χ3v) is 4.44. The fourth-order valence-electron chi connectivity index (χ4n) is 2.42. The van der Waals surface area contributed by atoms with Gasteiger partial charge in [-0.1, -0.05) is 38.1 Å². The van der Waals surface area contributed by atoms with Gasteiger partial charge in [-0.15, -0.1) is 0 Å². The summed E-state index contributed by atoms with van der Waals surface area (Å²) in [6, 6.07) is 14.6. The second kappa shape index (κ2) is 9.18. The Balaban J connectivity index is 1.91. The van der Waals surface area contributed by atoms with Gasteiger partial charge in [0.1, 0.15) is 12.2 Å². The summed E-state index contributed by atoms with van der Waals surface area (Å²) < 4.78 is 10.9. The summed E-state index contributed by atoms with van der Waals surface area (Å²) >= 11 is 0. The molecule has 26 heavy (non-hydrogen) atoms. The average molecular weight is 354 g/mol.